The molecule has 0 saturated carbocycles. The van der Waals surface area contributed by atoms with Gasteiger partial charge in [-0.1, -0.05) is 132 Å². The fourth-order valence-electron chi connectivity index (χ4n) is 5.15. The van der Waals surface area contributed by atoms with Crippen molar-refractivity contribution in [3.8, 4) is 0 Å². The Morgan fingerprint density at radius 2 is 1.07 bits per heavy atom. The molecule has 0 aromatic heterocycles. The van der Waals surface area contributed by atoms with Gasteiger partial charge in [0.15, 0.2) is 6.10 Å². The summed E-state index contributed by atoms with van der Waals surface area (Å²) in [6, 6.07) is 0. The Labute approximate surface area is 337 Å². The highest BCUT2D eigenvalue weighted by Gasteiger charge is 2.19. The van der Waals surface area contributed by atoms with Crippen LogP contribution in [0.25, 0.3) is 0 Å². The van der Waals surface area contributed by atoms with Gasteiger partial charge in [-0.3, -0.25) is 9.36 Å². The van der Waals surface area contributed by atoms with Crippen molar-refractivity contribution in [1.82, 2.24) is 0 Å². The van der Waals surface area contributed by atoms with Gasteiger partial charge in [0.1, 0.15) is 19.8 Å². The molecule has 55 heavy (non-hydrogen) atoms. The first kappa shape index (κ1) is 52.5. The summed E-state index contributed by atoms with van der Waals surface area (Å²) in [4.78, 5) is 24.8. The number of ether oxygens (including phenoxy) is 2. The van der Waals surface area contributed by atoms with Crippen LogP contribution in [0.4, 0.5) is 0 Å². The van der Waals surface area contributed by atoms with Crippen LogP contribution in [0.1, 0.15) is 149 Å². The molecule has 0 aromatic carbocycles. The first-order valence-electron chi connectivity index (χ1n) is 21.4. The maximum absolute atomic E-state index is 12.4. The van der Waals surface area contributed by atoms with Crippen molar-refractivity contribution in [2.24, 2.45) is 0 Å². The summed E-state index contributed by atoms with van der Waals surface area (Å²) < 4.78 is 34.3. The van der Waals surface area contributed by atoms with Crippen LogP contribution < -0.4 is 4.89 Å². The molecule has 0 spiro atoms. The third-order valence-corrected chi connectivity index (χ3v) is 9.48. The van der Waals surface area contributed by atoms with Gasteiger partial charge >= 0.3 is 5.97 Å². The number of carbonyl (C=O) groups is 1. The van der Waals surface area contributed by atoms with Crippen LogP contribution in [0.2, 0.25) is 0 Å². The number of phosphoric ester groups is 1. The molecule has 0 aromatic rings. The molecule has 0 N–H and O–H groups in total. The van der Waals surface area contributed by atoms with Gasteiger partial charge in [-0.05, 0) is 89.5 Å². The van der Waals surface area contributed by atoms with Crippen LogP contribution in [0, 0.1) is 0 Å². The normalized spacial score (nSPS) is 14.6. The predicted octanol–water partition coefficient (Wildman–Crippen LogP) is 12.2. The number of likely N-dealkylation sites (N-methyl/N-ethyl adjacent to an activating group) is 1. The molecule has 0 saturated heterocycles. The minimum absolute atomic E-state index is 0.0120. The minimum atomic E-state index is -4.53. The molecule has 2 unspecified atom stereocenters. The second-order valence-electron chi connectivity index (χ2n) is 15.0. The Hall–Kier alpha value is -2.48. The number of rotatable bonds is 38. The summed E-state index contributed by atoms with van der Waals surface area (Å²) in [5.74, 6) is -0.355. The van der Waals surface area contributed by atoms with Gasteiger partial charge in [-0.2, -0.15) is 0 Å². The Morgan fingerprint density at radius 1 is 0.600 bits per heavy atom. The SMILES string of the molecule is CC/C=C\C/C=C\C/C=C\C/C=C\C/C=C\CCCC(=O)OCC(COP(=O)([O-])OCC[N+](C)(C)C)O/C=C\CCCCCC/C=C\CCCCCCCC. The van der Waals surface area contributed by atoms with Crippen molar-refractivity contribution in [3.63, 3.8) is 0 Å². The maximum atomic E-state index is 12.4. The van der Waals surface area contributed by atoms with E-state index in [1.54, 1.807) is 6.26 Å². The predicted molar refractivity (Wildman–Crippen MR) is 231 cm³/mol. The Morgan fingerprint density at radius 3 is 1.62 bits per heavy atom. The second-order valence-corrected chi connectivity index (χ2v) is 16.4. The van der Waals surface area contributed by atoms with E-state index in [0.717, 1.165) is 64.2 Å². The zero-order valence-corrected chi connectivity index (χ0v) is 36.5. The molecule has 9 heteroatoms. The average Bonchev–Trinajstić information content (AvgIpc) is 3.14. The summed E-state index contributed by atoms with van der Waals surface area (Å²) in [6.07, 6.45) is 51.3. The lowest BCUT2D eigenvalue weighted by Crippen LogP contribution is -2.37. The van der Waals surface area contributed by atoms with E-state index in [4.69, 9.17) is 18.5 Å². The van der Waals surface area contributed by atoms with Gasteiger partial charge in [-0.25, -0.2) is 0 Å². The highest BCUT2D eigenvalue weighted by atomic mass is 31.2. The van der Waals surface area contributed by atoms with Crippen molar-refractivity contribution in [2.75, 3.05) is 47.5 Å². The monoisotopic (exact) mass is 790 g/mol. The van der Waals surface area contributed by atoms with E-state index in [-0.39, 0.29) is 32.2 Å². The summed E-state index contributed by atoms with van der Waals surface area (Å²) in [6.45, 7) is 4.49. The molecule has 316 valence electrons. The molecule has 0 fully saturated rings. The lowest BCUT2D eigenvalue weighted by atomic mass is 10.1. The quantitative estimate of drug-likeness (QED) is 0.0153. The number of allylic oxidation sites excluding steroid dienone is 13. The number of carbonyl (C=O) groups excluding carboxylic acids is 1. The summed E-state index contributed by atoms with van der Waals surface area (Å²) >= 11 is 0. The van der Waals surface area contributed by atoms with E-state index in [1.807, 2.05) is 27.2 Å². The molecule has 0 amide bonds. The molecular weight excluding hydrogens is 709 g/mol. The van der Waals surface area contributed by atoms with Gasteiger partial charge < -0.3 is 27.9 Å². The highest BCUT2D eigenvalue weighted by Crippen LogP contribution is 2.38. The zero-order chi connectivity index (χ0) is 40.6. The van der Waals surface area contributed by atoms with Crippen LogP contribution >= 0.6 is 7.82 Å². The van der Waals surface area contributed by atoms with E-state index >= 15 is 0 Å². The lowest BCUT2D eigenvalue weighted by molar-refractivity contribution is -0.870. The average molecular weight is 790 g/mol. The topological polar surface area (TPSA) is 94.1 Å². The zero-order valence-electron chi connectivity index (χ0n) is 35.6. The van der Waals surface area contributed by atoms with E-state index < -0.39 is 13.9 Å². The van der Waals surface area contributed by atoms with E-state index in [1.165, 1.54) is 57.8 Å². The Bertz CT molecular complexity index is 1150. The first-order valence-corrected chi connectivity index (χ1v) is 22.8. The maximum Gasteiger partial charge on any atom is 0.305 e. The van der Waals surface area contributed by atoms with E-state index in [9.17, 15) is 14.3 Å². The summed E-state index contributed by atoms with van der Waals surface area (Å²) in [5.41, 5.74) is 0. The van der Waals surface area contributed by atoms with E-state index in [2.05, 4.69) is 86.8 Å². The lowest BCUT2D eigenvalue weighted by Gasteiger charge is -2.28. The van der Waals surface area contributed by atoms with Gasteiger partial charge in [0.05, 0.1) is 34.0 Å². The molecule has 8 nitrogen and oxygen atoms in total. The third-order valence-electron chi connectivity index (χ3n) is 8.52. The number of nitrogens with zero attached hydrogens (tertiary/aromatic N) is 1. The fraction of sp³-hybridized carbons (Fsp3) is 0.674. The van der Waals surface area contributed by atoms with Gasteiger partial charge in [0.2, 0.25) is 0 Å². The molecule has 0 aliphatic carbocycles. The minimum Gasteiger partial charge on any atom is -0.756 e. The number of hydrogen-bond donors (Lipinski definition) is 0. The van der Waals surface area contributed by atoms with Crippen LogP contribution in [0.15, 0.2) is 85.3 Å². The molecule has 0 heterocycles. The smallest absolute Gasteiger partial charge is 0.305 e. The first-order chi connectivity index (χ1) is 26.6. The number of phosphoric acid groups is 1. The van der Waals surface area contributed by atoms with Crippen LogP contribution in [-0.4, -0.2) is 64.1 Å². The van der Waals surface area contributed by atoms with Crippen molar-refractivity contribution in [3.05, 3.63) is 85.3 Å². The molecule has 0 radical (unpaired) electrons. The molecule has 0 aliphatic heterocycles. The van der Waals surface area contributed by atoms with Crippen LogP contribution in [-0.2, 0) is 27.9 Å². The highest BCUT2D eigenvalue weighted by molar-refractivity contribution is 7.45. The summed E-state index contributed by atoms with van der Waals surface area (Å²) in [7, 11) is 1.31. The number of esters is 1. The van der Waals surface area contributed by atoms with E-state index in [0.29, 0.717) is 17.4 Å². The third kappa shape index (κ3) is 42.5. The van der Waals surface area contributed by atoms with Gasteiger partial charge in [0, 0.05) is 6.42 Å². The summed E-state index contributed by atoms with van der Waals surface area (Å²) in [5, 5.41) is 0. The van der Waals surface area contributed by atoms with Crippen LogP contribution in [0.3, 0.4) is 0 Å². The molecule has 0 bridgehead atoms. The fourth-order valence-corrected chi connectivity index (χ4v) is 5.88. The molecular formula is C46H80NO7P. The number of hydrogen-bond acceptors (Lipinski definition) is 7. The van der Waals surface area contributed by atoms with Crippen molar-refractivity contribution < 1.29 is 37.3 Å². The molecule has 0 rings (SSSR count). The largest absolute Gasteiger partial charge is 0.756 e. The Balaban J connectivity index is 4.44. The number of quaternary nitrogens is 1. The Kier molecular flexibility index (Phi) is 36.7. The van der Waals surface area contributed by atoms with Crippen LogP contribution in [0.5, 0.6) is 0 Å². The number of unbranched alkanes of at least 4 members (excludes halogenated alkanes) is 12. The van der Waals surface area contributed by atoms with Crippen molar-refractivity contribution in [1.29, 1.82) is 0 Å². The second kappa shape index (κ2) is 38.4. The van der Waals surface area contributed by atoms with Crippen molar-refractivity contribution >= 4 is 13.8 Å². The molecule has 0 aliphatic rings. The van der Waals surface area contributed by atoms with Gasteiger partial charge in [-0.15, -0.1) is 0 Å². The van der Waals surface area contributed by atoms with Gasteiger partial charge in [0.25, 0.3) is 7.82 Å². The standard InChI is InChI=1S/C46H80NO7P/c1-6-8-10-12-14-16-18-20-22-24-25-27-29-31-33-35-37-39-46(48)52-43-45(44-54-55(49,50)53-42-40-47(3,4)5)51-41-38-36-34-32-30-28-26-23-21-19-17-15-13-11-9-7-2/h8,10,14,16,20-23,25,27,31,33,38,41,45H,6-7,9,11-13,15,17-19,24,26,28-30,32,34-37,39-40,42-44H2,1-5H3/b10-8-,16-14-,22-20-,23-21-,27-25-,33-31-,41-38-. The van der Waals surface area contributed by atoms with Crippen molar-refractivity contribution in [2.45, 2.75) is 155 Å². The molecule has 2 atom stereocenters.